The highest BCUT2D eigenvalue weighted by molar-refractivity contribution is 7.99. The minimum atomic E-state index is -1.48. The van der Waals surface area contributed by atoms with E-state index in [1.54, 1.807) is 31.2 Å². The molecule has 64 heavy (non-hydrogen) atoms. The van der Waals surface area contributed by atoms with E-state index in [0.29, 0.717) is 17.7 Å². The Hall–Kier alpha value is -5.26. The summed E-state index contributed by atoms with van der Waals surface area (Å²) in [5.74, 6) is -4.49. The van der Waals surface area contributed by atoms with Gasteiger partial charge in [0, 0.05) is 62.9 Å². The van der Waals surface area contributed by atoms with E-state index in [1.165, 1.54) is 25.6 Å². The Morgan fingerprint density at radius 1 is 0.891 bits per heavy atom. The lowest BCUT2D eigenvalue weighted by atomic mass is 9.46. The molecule has 11 atom stereocenters. The molecule has 4 fully saturated rings. The van der Waals surface area contributed by atoms with Crippen LogP contribution in [0, 0.1) is 28.6 Å². The fourth-order valence-electron chi connectivity index (χ4n) is 11.5. The van der Waals surface area contributed by atoms with E-state index < -0.39 is 88.4 Å². The number of fused-ring (bicyclic) bond motifs is 7. The van der Waals surface area contributed by atoms with E-state index in [0.717, 1.165) is 45.3 Å². The zero-order valence-electron chi connectivity index (χ0n) is 36.4. The van der Waals surface area contributed by atoms with Crippen LogP contribution in [0.25, 0.3) is 0 Å². The number of aliphatic hydroxyl groups excluding tert-OH is 2. The zero-order valence-corrected chi connectivity index (χ0v) is 37.2. The normalized spacial score (nSPS) is 33.4. The third kappa shape index (κ3) is 7.76. The van der Waals surface area contributed by atoms with Crippen LogP contribution in [-0.4, -0.2) is 99.3 Å². The predicted molar refractivity (Wildman–Crippen MR) is 233 cm³/mol. The summed E-state index contributed by atoms with van der Waals surface area (Å²) in [6.07, 6.45) is 8.26. The van der Waals surface area contributed by atoms with Crippen LogP contribution >= 0.6 is 11.8 Å². The monoisotopic (exact) mass is 894 g/mol. The maximum absolute atomic E-state index is 14.1. The van der Waals surface area contributed by atoms with Crippen LogP contribution in [0.4, 0.5) is 5.69 Å². The number of hydrogen-bond donors (Lipinski definition) is 5. The molecule has 2 aliphatic heterocycles. The number of nitrogens with zero attached hydrogens (tertiary/aromatic N) is 1. The van der Waals surface area contributed by atoms with Gasteiger partial charge in [-0.15, -0.1) is 0 Å². The molecule has 0 radical (unpaired) electrons. The second kappa shape index (κ2) is 16.9. The van der Waals surface area contributed by atoms with E-state index in [2.05, 4.69) is 22.9 Å². The molecule has 338 valence electrons. The van der Waals surface area contributed by atoms with Crippen molar-refractivity contribution in [3.8, 4) is 0 Å². The van der Waals surface area contributed by atoms with Gasteiger partial charge in [0.25, 0.3) is 11.8 Å². The Kier molecular flexibility index (Phi) is 12.0. The van der Waals surface area contributed by atoms with Crippen molar-refractivity contribution in [1.29, 1.82) is 0 Å². The number of imide groups is 1. The molecule has 1 saturated heterocycles. The molecule has 2 aromatic carbocycles. The molecule has 6 aliphatic rings. The third-order valence-corrected chi connectivity index (χ3v) is 15.7. The summed E-state index contributed by atoms with van der Waals surface area (Å²) in [5.41, 5.74) is -0.524. The molecule has 5 N–H and O–H groups in total. The van der Waals surface area contributed by atoms with Crippen molar-refractivity contribution in [2.75, 3.05) is 18.5 Å². The number of aliphatic hydroxyl groups is 2. The molecule has 16 heteroatoms. The van der Waals surface area contributed by atoms with Crippen LogP contribution in [0.2, 0.25) is 0 Å². The Labute approximate surface area is 375 Å². The minimum Gasteiger partial charge on any atom is -0.393 e. The fourth-order valence-corrected chi connectivity index (χ4v) is 12.3. The van der Waals surface area contributed by atoms with Crippen molar-refractivity contribution in [1.82, 2.24) is 15.5 Å². The van der Waals surface area contributed by atoms with Gasteiger partial charge in [0.2, 0.25) is 17.7 Å². The molecule has 5 amide bonds. The Morgan fingerprint density at radius 2 is 1.53 bits per heavy atom. The van der Waals surface area contributed by atoms with Crippen LogP contribution in [-0.2, 0) is 48.8 Å². The van der Waals surface area contributed by atoms with E-state index in [1.807, 2.05) is 49.4 Å². The summed E-state index contributed by atoms with van der Waals surface area (Å²) >= 11 is 1.49. The molecule has 15 nitrogen and oxygen atoms in total. The largest absolute Gasteiger partial charge is 0.393 e. The first-order chi connectivity index (χ1) is 30.3. The average Bonchev–Trinajstić information content (AvgIpc) is 3.84. The van der Waals surface area contributed by atoms with E-state index in [4.69, 9.17) is 9.47 Å². The van der Waals surface area contributed by atoms with Gasteiger partial charge in [-0.25, -0.2) is 0 Å². The average molecular weight is 895 g/mol. The number of Topliss-reactive ketones (excluding diaryl/α,β-unsaturated/α-hetero) is 1. The van der Waals surface area contributed by atoms with Crippen LogP contribution in [0.3, 0.4) is 0 Å². The van der Waals surface area contributed by atoms with Gasteiger partial charge in [-0.2, -0.15) is 0 Å². The van der Waals surface area contributed by atoms with E-state index in [-0.39, 0.29) is 42.9 Å². The Morgan fingerprint density at radius 3 is 2.19 bits per heavy atom. The van der Waals surface area contributed by atoms with Crippen molar-refractivity contribution >= 4 is 58.6 Å². The Balaban J connectivity index is 0.865. The van der Waals surface area contributed by atoms with Crippen molar-refractivity contribution < 1.29 is 53.2 Å². The number of anilines is 1. The third-order valence-electron chi connectivity index (χ3n) is 14.7. The van der Waals surface area contributed by atoms with Crippen LogP contribution in [0.1, 0.15) is 72.3 Å². The van der Waals surface area contributed by atoms with Gasteiger partial charge in [-0.3, -0.25) is 38.5 Å². The van der Waals surface area contributed by atoms with Crippen LogP contribution in [0.5, 0.6) is 0 Å². The summed E-state index contributed by atoms with van der Waals surface area (Å²) in [6.45, 7) is 8.06. The molecular formula is C48H54N4O11S. The molecule has 4 aliphatic carbocycles. The highest BCUT2D eigenvalue weighted by atomic mass is 32.2. The lowest BCUT2D eigenvalue weighted by Gasteiger charge is -2.60. The maximum atomic E-state index is 14.1. The quantitative estimate of drug-likeness (QED) is 0.181. The summed E-state index contributed by atoms with van der Waals surface area (Å²) in [4.78, 5) is 90.5. The minimum absolute atomic E-state index is 0.0205. The highest BCUT2D eigenvalue weighted by Gasteiger charge is 2.77. The molecular weight excluding hydrogens is 841 g/mol. The number of allylic oxidation sites excluding steroid dienone is 4. The van der Waals surface area contributed by atoms with Gasteiger partial charge >= 0.3 is 0 Å². The first-order valence-corrected chi connectivity index (χ1v) is 22.6. The SMILES string of the molecule is C[C@H](NC(=O)CCN1C(=O)C=CC1=O)C(=O)N[C@@H](C)C(=O)Nc1ccc(Sc2ccc([C@@]3(C)O[C@@H]4C[C@H]5[C@@H]6CCC7=CC(=O)C=C[C@]7(C)[C@H]6[C@@H](O)C[C@]5(C)[C@]4(C(=O)CO)O3)cc2)cc1. The molecule has 2 aromatic rings. The fraction of sp³-hybridized carbons (Fsp3) is 0.479. The number of rotatable bonds is 13. The smallest absolute Gasteiger partial charge is 0.253 e. The number of carbonyl (C=O) groups excluding carboxylic acids is 7. The first-order valence-electron chi connectivity index (χ1n) is 21.8. The van der Waals surface area contributed by atoms with Gasteiger partial charge in [0.1, 0.15) is 18.7 Å². The maximum Gasteiger partial charge on any atom is 0.253 e. The number of ether oxygens (including phenoxy) is 2. The second-order valence-electron chi connectivity index (χ2n) is 18.5. The summed E-state index contributed by atoms with van der Waals surface area (Å²) in [7, 11) is 0. The molecule has 3 saturated carbocycles. The molecule has 8 rings (SSSR count). The summed E-state index contributed by atoms with van der Waals surface area (Å²) in [6, 6.07) is 12.9. The number of amides is 5. The zero-order chi connectivity index (χ0) is 45.9. The highest BCUT2D eigenvalue weighted by Crippen LogP contribution is 2.71. The topological polar surface area (TPSA) is 218 Å². The molecule has 0 unspecified atom stereocenters. The first kappa shape index (κ1) is 45.3. The van der Waals surface area contributed by atoms with Crippen molar-refractivity contribution in [2.24, 2.45) is 28.6 Å². The number of ketones is 2. The van der Waals surface area contributed by atoms with Gasteiger partial charge in [-0.1, -0.05) is 49.4 Å². The summed E-state index contributed by atoms with van der Waals surface area (Å²) in [5, 5.41) is 30.3. The van der Waals surface area contributed by atoms with Crippen molar-refractivity contribution in [3.63, 3.8) is 0 Å². The summed E-state index contributed by atoms with van der Waals surface area (Å²) < 4.78 is 13.7. The van der Waals surface area contributed by atoms with Gasteiger partial charge < -0.3 is 35.6 Å². The van der Waals surface area contributed by atoms with Gasteiger partial charge in [0.05, 0.1) is 12.2 Å². The lowest BCUT2D eigenvalue weighted by Crippen LogP contribution is -2.63. The van der Waals surface area contributed by atoms with Crippen molar-refractivity contribution in [3.05, 3.63) is 90.0 Å². The number of nitrogens with one attached hydrogen (secondary N) is 3. The second-order valence-corrected chi connectivity index (χ2v) is 19.6. The number of carbonyl (C=O) groups is 7. The standard InChI is InChI=1S/C48H54N4O11S/c1-26(49-39(57)19-21-52-40(58)16-17-41(52)59)43(60)50-27(2)44(61)51-30-9-13-33(14-10-30)64-32-11-6-28(7-12-32)47(5)62-38-23-35-34-15-8-29-22-31(54)18-20-45(29,3)42(34)36(55)24-46(35,4)48(38,63-47)37(56)25-53/h6-7,9-14,16-18,20,22,26-27,34-36,38,42,53,55H,8,15,19,21,23-25H2,1-5H3,(H,49,57)(H,50,60)(H,51,61)/t26-,27-,34-,35-,36-,38+,42+,45-,46-,47-,48+/m0/s1. The molecule has 2 heterocycles. The van der Waals surface area contributed by atoms with E-state index in [9.17, 15) is 43.8 Å². The van der Waals surface area contributed by atoms with Crippen molar-refractivity contribution in [2.45, 2.75) is 112 Å². The van der Waals surface area contributed by atoms with Crippen LogP contribution in [0.15, 0.2) is 94.3 Å². The lowest BCUT2D eigenvalue weighted by molar-refractivity contribution is -0.237. The van der Waals surface area contributed by atoms with Crippen LogP contribution < -0.4 is 16.0 Å². The number of benzene rings is 2. The Bertz CT molecular complexity index is 2370. The van der Waals surface area contributed by atoms with Gasteiger partial charge in [0.15, 0.2) is 23.0 Å². The molecule has 0 spiro atoms. The van der Waals surface area contributed by atoms with E-state index >= 15 is 0 Å². The predicted octanol–water partition coefficient (Wildman–Crippen LogP) is 3.88. The molecule has 0 bridgehead atoms. The van der Waals surface area contributed by atoms with Gasteiger partial charge in [-0.05, 0) is 107 Å². The number of hydrogen-bond acceptors (Lipinski definition) is 12. The molecule has 0 aromatic heterocycles.